The molecule has 3 aromatic rings. The fourth-order valence-corrected chi connectivity index (χ4v) is 2.75. The van der Waals surface area contributed by atoms with Gasteiger partial charge < -0.3 is 9.88 Å². The largest absolute Gasteiger partial charge is 0.416 e. The monoisotopic (exact) mass is 372 g/mol. The SMILES string of the molecule is O=C(Cc1ccc(-n2cccc2)cc1)NCCc1ccc(C(F)(F)F)cc1. The number of rotatable bonds is 6. The van der Waals surface area contributed by atoms with Gasteiger partial charge in [-0.25, -0.2) is 0 Å². The number of nitrogens with one attached hydrogen (secondary N) is 1. The van der Waals surface area contributed by atoms with Crippen LogP contribution in [0.25, 0.3) is 5.69 Å². The molecule has 1 aromatic heterocycles. The van der Waals surface area contributed by atoms with Crippen LogP contribution in [-0.2, 0) is 23.8 Å². The van der Waals surface area contributed by atoms with Crippen molar-refractivity contribution in [3.8, 4) is 5.69 Å². The molecule has 0 aliphatic rings. The first-order chi connectivity index (χ1) is 12.9. The number of carbonyl (C=O) groups excluding carboxylic acids is 1. The van der Waals surface area contributed by atoms with E-state index in [4.69, 9.17) is 0 Å². The van der Waals surface area contributed by atoms with Crippen molar-refractivity contribution in [1.29, 1.82) is 0 Å². The number of halogens is 3. The van der Waals surface area contributed by atoms with E-state index in [0.717, 1.165) is 28.9 Å². The topological polar surface area (TPSA) is 34.0 Å². The van der Waals surface area contributed by atoms with E-state index in [1.165, 1.54) is 12.1 Å². The minimum Gasteiger partial charge on any atom is -0.355 e. The molecule has 3 rings (SSSR count). The van der Waals surface area contributed by atoms with E-state index in [0.29, 0.717) is 13.0 Å². The summed E-state index contributed by atoms with van der Waals surface area (Å²) in [5.74, 6) is -0.115. The number of amides is 1. The second-order valence-corrected chi connectivity index (χ2v) is 6.23. The molecular formula is C21H19F3N2O. The zero-order valence-electron chi connectivity index (χ0n) is 14.5. The number of hydrogen-bond donors (Lipinski definition) is 1. The Hall–Kier alpha value is -3.02. The lowest BCUT2D eigenvalue weighted by molar-refractivity contribution is -0.137. The Morgan fingerprint density at radius 1 is 0.889 bits per heavy atom. The summed E-state index contributed by atoms with van der Waals surface area (Å²) in [5.41, 5.74) is 2.00. The fraction of sp³-hybridized carbons (Fsp3) is 0.190. The second kappa shape index (κ2) is 8.12. The fourth-order valence-electron chi connectivity index (χ4n) is 2.75. The quantitative estimate of drug-likeness (QED) is 0.684. The van der Waals surface area contributed by atoms with Gasteiger partial charge in [0.2, 0.25) is 5.91 Å². The highest BCUT2D eigenvalue weighted by molar-refractivity contribution is 5.78. The molecule has 0 saturated heterocycles. The minimum atomic E-state index is -4.33. The average molecular weight is 372 g/mol. The maximum Gasteiger partial charge on any atom is 0.416 e. The Balaban J connectivity index is 1.46. The first kappa shape index (κ1) is 18.8. The second-order valence-electron chi connectivity index (χ2n) is 6.23. The van der Waals surface area contributed by atoms with Crippen molar-refractivity contribution in [2.45, 2.75) is 19.0 Å². The molecule has 0 bridgehead atoms. The Bertz CT molecular complexity index is 867. The lowest BCUT2D eigenvalue weighted by atomic mass is 10.1. The predicted molar refractivity (Wildman–Crippen MR) is 97.6 cm³/mol. The molecule has 140 valence electrons. The number of alkyl halides is 3. The van der Waals surface area contributed by atoms with Crippen LogP contribution in [0.15, 0.2) is 73.1 Å². The molecule has 0 spiro atoms. The number of aromatic nitrogens is 1. The molecule has 0 atom stereocenters. The summed E-state index contributed by atoms with van der Waals surface area (Å²) in [7, 11) is 0. The predicted octanol–water partition coefficient (Wildman–Crippen LogP) is 4.40. The molecule has 27 heavy (non-hydrogen) atoms. The van der Waals surface area contributed by atoms with Gasteiger partial charge in [-0.3, -0.25) is 4.79 Å². The number of benzene rings is 2. The molecule has 1 N–H and O–H groups in total. The van der Waals surface area contributed by atoms with Crippen LogP contribution in [0.1, 0.15) is 16.7 Å². The number of nitrogens with zero attached hydrogens (tertiary/aromatic N) is 1. The molecule has 1 heterocycles. The van der Waals surface area contributed by atoms with E-state index < -0.39 is 11.7 Å². The molecule has 0 radical (unpaired) electrons. The smallest absolute Gasteiger partial charge is 0.355 e. The first-order valence-electron chi connectivity index (χ1n) is 8.57. The van der Waals surface area contributed by atoms with Gasteiger partial charge in [-0.2, -0.15) is 13.2 Å². The molecule has 0 fully saturated rings. The van der Waals surface area contributed by atoms with Crippen LogP contribution >= 0.6 is 0 Å². The van der Waals surface area contributed by atoms with Gasteiger partial charge in [0.15, 0.2) is 0 Å². The molecule has 3 nitrogen and oxygen atoms in total. The average Bonchev–Trinajstić information content (AvgIpc) is 3.17. The number of carbonyl (C=O) groups is 1. The summed E-state index contributed by atoms with van der Waals surface area (Å²) in [5, 5.41) is 2.80. The van der Waals surface area contributed by atoms with E-state index in [9.17, 15) is 18.0 Å². The van der Waals surface area contributed by atoms with Crippen molar-refractivity contribution in [2.24, 2.45) is 0 Å². The van der Waals surface area contributed by atoms with Crippen molar-refractivity contribution in [3.05, 3.63) is 89.7 Å². The first-order valence-corrected chi connectivity index (χ1v) is 8.57. The molecule has 0 saturated carbocycles. The zero-order chi connectivity index (χ0) is 19.3. The lowest BCUT2D eigenvalue weighted by Crippen LogP contribution is -2.27. The third-order valence-corrected chi connectivity index (χ3v) is 4.22. The lowest BCUT2D eigenvalue weighted by Gasteiger charge is -2.09. The van der Waals surface area contributed by atoms with Gasteiger partial charge in [-0.1, -0.05) is 24.3 Å². The standard InChI is InChI=1S/C21H19F3N2O/c22-21(23,24)18-7-3-16(4-8-18)11-12-25-20(27)15-17-5-9-19(10-6-17)26-13-1-2-14-26/h1-10,13-14H,11-12,15H2,(H,25,27). The number of hydrogen-bond acceptors (Lipinski definition) is 1. The van der Waals surface area contributed by atoms with Crippen LogP contribution in [-0.4, -0.2) is 17.0 Å². The van der Waals surface area contributed by atoms with E-state index in [-0.39, 0.29) is 12.3 Å². The summed E-state index contributed by atoms with van der Waals surface area (Å²) in [6.07, 6.45) is 0.310. The molecule has 6 heteroatoms. The zero-order valence-corrected chi connectivity index (χ0v) is 14.5. The van der Waals surface area contributed by atoms with Crippen LogP contribution in [0, 0.1) is 0 Å². The summed E-state index contributed by atoms with van der Waals surface area (Å²) < 4.78 is 39.6. The highest BCUT2D eigenvalue weighted by atomic mass is 19.4. The molecule has 1 amide bonds. The van der Waals surface area contributed by atoms with Gasteiger partial charge in [0, 0.05) is 24.6 Å². The van der Waals surface area contributed by atoms with Crippen LogP contribution in [0.5, 0.6) is 0 Å². The van der Waals surface area contributed by atoms with Gasteiger partial charge in [-0.15, -0.1) is 0 Å². The van der Waals surface area contributed by atoms with Gasteiger partial charge in [0.1, 0.15) is 0 Å². The Kier molecular flexibility index (Phi) is 5.64. The van der Waals surface area contributed by atoms with E-state index in [1.807, 2.05) is 53.4 Å². The van der Waals surface area contributed by atoms with E-state index in [2.05, 4.69) is 5.32 Å². The summed E-state index contributed by atoms with van der Waals surface area (Å²) >= 11 is 0. The summed E-state index contributed by atoms with van der Waals surface area (Å²) in [4.78, 5) is 12.0. The van der Waals surface area contributed by atoms with Crippen molar-refractivity contribution >= 4 is 5.91 Å². The highest BCUT2D eigenvalue weighted by Gasteiger charge is 2.29. The molecule has 0 unspecified atom stereocenters. The van der Waals surface area contributed by atoms with Gasteiger partial charge in [-0.05, 0) is 53.9 Å². The van der Waals surface area contributed by atoms with Crippen LogP contribution in [0.4, 0.5) is 13.2 Å². The summed E-state index contributed by atoms with van der Waals surface area (Å²) in [6.45, 7) is 0.381. The molecular weight excluding hydrogens is 353 g/mol. The molecule has 0 aliphatic heterocycles. The summed E-state index contributed by atoms with van der Waals surface area (Å²) in [6, 6.07) is 16.6. The molecule has 0 aliphatic carbocycles. The maximum absolute atomic E-state index is 12.5. The van der Waals surface area contributed by atoms with Gasteiger partial charge in [0.25, 0.3) is 0 Å². The third-order valence-electron chi connectivity index (χ3n) is 4.22. The minimum absolute atomic E-state index is 0.115. The Morgan fingerprint density at radius 3 is 2.07 bits per heavy atom. The van der Waals surface area contributed by atoms with Crippen molar-refractivity contribution in [2.75, 3.05) is 6.54 Å². The van der Waals surface area contributed by atoms with Crippen LogP contribution in [0.3, 0.4) is 0 Å². The Labute approximate surface area is 155 Å². The van der Waals surface area contributed by atoms with E-state index >= 15 is 0 Å². The normalized spacial score (nSPS) is 11.4. The Morgan fingerprint density at radius 2 is 1.48 bits per heavy atom. The van der Waals surface area contributed by atoms with Crippen molar-refractivity contribution in [3.63, 3.8) is 0 Å². The van der Waals surface area contributed by atoms with Crippen LogP contribution < -0.4 is 5.32 Å². The van der Waals surface area contributed by atoms with Gasteiger partial charge in [0.05, 0.1) is 12.0 Å². The van der Waals surface area contributed by atoms with Crippen molar-refractivity contribution < 1.29 is 18.0 Å². The maximum atomic E-state index is 12.5. The highest BCUT2D eigenvalue weighted by Crippen LogP contribution is 2.29. The molecule has 2 aromatic carbocycles. The third kappa shape index (κ3) is 5.23. The van der Waals surface area contributed by atoms with Crippen LogP contribution in [0.2, 0.25) is 0 Å². The van der Waals surface area contributed by atoms with E-state index in [1.54, 1.807) is 0 Å². The van der Waals surface area contributed by atoms with Crippen molar-refractivity contribution in [1.82, 2.24) is 9.88 Å². The van der Waals surface area contributed by atoms with Gasteiger partial charge >= 0.3 is 6.18 Å².